The summed E-state index contributed by atoms with van der Waals surface area (Å²) in [5, 5.41) is 23.2. The number of carbonyl (C=O) groups excluding carboxylic acids is 2. The number of hydrogen-bond donors (Lipinski definition) is 3. The van der Waals surface area contributed by atoms with Gasteiger partial charge in [0.25, 0.3) is 0 Å². The van der Waals surface area contributed by atoms with Gasteiger partial charge in [0.15, 0.2) is 0 Å². The van der Waals surface area contributed by atoms with E-state index in [1.54, 1.807) is 0 Å². The molecule has 318 valence electrons. The number of unbranched alkanes of at least 4 members (excludes halogenated alkanes) is 28. The van der Waals surface area contributed by atoms with E-state index in [1.807, 2.05) is 0 Å². The number of rotatable bonds is 43. The van der Waals surface area contributed by atoms with Crippen LogP contribution in [-0.2, 0) is 14.3 Å². The zero-order valence-electron chi connectivity index (χ0n) is 36.0. The van der Waals surface area contributed by atoms with Gasteiger partial charge in [-0.1, -0.05) is 205 Å². The van der Waals surface area contributed by atoms with E-state index < -0.39 is 12.1 Å². The largest absolute Gasteiger partial charge is 0.466 e. The van der Waals surface area contributed by atoms with Crippen molar-refractivity contribution in [2.24, 2.45) is 0 Å². The number of aliphatic hydroxyl groups excluding tert-OH is 2. The normalized spacial score (nSPS) is 12.9. The van der Waals surface area contributed by atoms with E-state index in [2.05, 4.69) is 43.5 Å². The molecule has 0 bridgehead atoms. The molecule has 0 fully saturated rings. The first-order valence-electron chi connectivity index (χ1n) is 23.6. The van der Waals surface area contributed by atoms with Gasteiger partial charge in [0, 0.05) is 12.8 Å². The summed E-state index contributed by atoms with van der Waals surface area (Å²) in [7, 11) is 0. The lowest BCUT2D eigenvalue weighted by atomic mass is 10.0. The Morgan fingerprint density at radius 1 is 0.519 bits per heavy atom. The van der Waals surface area contributed by atoms with Crippen molar-refractivity contribution in [1.82, 2.24) is 5.32 Å². The first-order valence-corrected chi connectivity index (χ1v) is 23.6. The van der Waals surface area contributed by atoms with Crippen molar-refractivity contribution in [2.45, 2.75) is 257 Å². The average molecular weight is 762 g/mol. The molecule has 2 atom stereocenters. The minimum atomic E-state index is -0.678. The van der Waals surface area contributed by atoms with Crippen molar-refractivity contribution in [3.05, 3.63) is 24.3 Å². The van der Waals surface area contributed by atoms with Gasteiger partial charge in [-0.3, -0.25) is 9.59 Å². The molecule has 0 aliphatic carbocycles. The van der Waals surface area contributed by atoms with Crippen LogP contribution in [-0.4, -0.2) is 47.4 Å². The molecule has 0 saturated heterocycles. The van der Waals surface area contributed by atoms with Crippen molar-refractivity contribution in [1.29, 1.82) is 0 Å². The molecule has 54 heavy (non-hydrogen) atoms. The minimum Gasteiger partial charge on any atom is -0.466 e. The van der Waals surface area contributed by atoms with E-state index in [-0.39, 0.29) is 18.5 Å². The molecule has 0 radical (unpaired) electrons. The minimum absolute atomic E-state index is 0.0345. The molecule has 6 nitrogen and oxygen atoms in total. The Kier molecular flexibility index (Phi) is 42.7. The van der Waals surface area contributed by atoms with Gasteiger partial charge >= 0.3 is 5.97 Å². The molecule has 3 N–H and O–H groups in total. The number of allylic oxidation sites excluding steroid dienone is 4. The van der Waals surface area contributed by atoms with E-state index in [0.29, 0.717) is 25.9 Å². The van der Waals surface area contributed by atoms with Gasteiger partial charge in [-0.25, -0.2) is 0 Å². The second-order valence-corrected chi connectivity index (χ2v) is 16.1. The summed E-state index contributed by atoms with van der Waals surface area (Å²) in [6, 6.07) is -0.558. The van der Waals surface area contributed by atoms with Crippen molar-refractivity contribution < 1.29 is 24.5 Å². The number of nitrogens with one attached hydrogen (secondary N) is 1. The van der Waals surface area contributed by atoms with Crippen molar-refractivity contribution in [3.8, 4) is 0 Å². The van der Waals surface area contributed by atoms with Crippen LogP contribution in [0.25, 0.3) is 0 Å². The molecular formula is C48H91NO5. The van der Waals surface area contributed by atoms with E-state index in [4.69, 9.17) is 4.74 Å². The molecule has 6 heteroatoms. The fraction of sp³-hybridized carbons (Fsp3) is 0.875. The molecule has 0 spiro atoms. The molecule has 0 aliphatic rings. The molecule has 0 aliphatic heterocycles. The van der Waals surface area contributed by atoms with Crippen LogP contribution in [0.5, 0.6) is 0 Å². The maximum atomic E-state index is 12.4. The highest BCUT2D eigenvalue weighted by molar-refractivity contribution is 5.76. The Bertz CT molecular complexity index is 843. The van der Waals surface area contributed by atoms with Crippen LogP contribution in [0.4, 0.5) is 0 Å². The lowest BCUT2D eigenvalue weighted by Crippen LogP contribution is -2.45. The molecule has 0 aromatic carbocycles. The molecule has 0 aromatic heterocycles. The Morgan fingerprint density at radius 3 is 1.48 bits per heavy atom. The fourth-order valence-electron chi connectivity index (χ4n) is 7.09. The highest BCUT2D eigenvalue weighted by Gasteiger charge is 2.20. The fourth-order valence-corrected chi connectivity index (χ4v) is 7.09. The average Bonchev–Trinajstić information content (AvgIpc) is 3.17. The molecule has 0 rings (SSSR count). The Balaban J connectivity index is 3.50. The van der Waals surface area contributed by atoms with Crippen LogP contribution in [0.2, 0.25) is 0 Å². The summed E-state index contributed by atoms with van der Waals surface area (Å²) in [4.78, 5) is 24.4. The van der Waals surface area contributed by atoms with Crippen LogP contribution in [0.15, 0.2) is 24.3 Å². The number of amides is 1. The van der Waals surface area contributed by atoms with Crippen LogP contribution in [0.1, 0.15) is 245 Å². The van der Waals surface area contributed by atoms with Crippen LogP contribution in [0.3, 0.4) is 0 Å². The van der Waals surface area contributed by atoms with E-state index in [1.165, 1.54) is 141 Å². The molecule has 2 unspecified atom stereocenters. The number of ether oxygens (including phenoxy) is 1. The quantitative estimate of drug-likeness (QED) is 0.0327. The molecular weight excluding hydrogens is 671 g/mol. The van der Waals surface area contributed by atoms with Crippen LogP contribution in [0, 0.1) is 0 Å². The van der Waals surface area contributed by atoms with Crippen molar-refractivity contribution >= 4 is 11.9 Å². The van der Waals surface area contributed by atoms with Crippen molar-refractivity contribution in [2.75, 3.05) is 13.2 Å². The standard InChI is InChI=1S/C48H91NO5/c1-3-5-7-9-11-13-15-17-19-20-24-28-32-36-40-46(51)45(44-50)49-47(52)41-37-33-29-25-22-23-27-31-35-39-43-54-48(53)42-38-34-30-26-21-18-16-14-12-10-8-6-4-2/h8,10,14,16,45-46,50-51H,3-7,9,11-13,15,17-44H2,1-2H3,(H,49,52)/b10-8-,16-14-. The number of aliphatic hydroxyl groups is 2. The second kappa shape index (κ2) is 44.1. The molecule has 0 saturated carbocycles. The third kappa shape index (κ3) is 40.0. The SMILES string of the molecule is CCC/C=C\C/C=C\CCCCCCCC(=O)OCCCCCCCCCCCCC(=O)NC(CO)C(O)CCCCCCCCCCCCCCCC. The zero-order valence-corrected chi connectivity index (χ0v) is 36.0. The summed E-state index contributed by atoms with van der Waals surface area (Å²) >= 11 is 0. The number of esters is 1. The van der Waals surface area contributed by atoms with Gasteiger partial charge in [-0.05, 0) is 51.4 Å². The topological polar surface area (TPSA) is 95.9 Å². The first kappa shape index (κ1) is 52.3. The van der Waals surface area contributed by atoms with Gasteiger partial charge in [-0.2, -0.15) is 0 Å². The number of carbonyl (C=O) groups is 2. The summed E-state index contributed by atoms with van der Waals surface area (Å²) in [5.41, 5.74) is 0. The Morgan fingerprint density at radius 2 is 0.963 bits per heavy atom. The third-order valence-corrected chi connectivity index (χ3v) is 10.7. The second-order valence-electron chi connectivity index (χ2n) is 16.1. The maximum absolute atomic E-state index is 12.4. The van der Waals surface area contributed by atoms with Gasteiger partial charge in [0.2, 0.25) is 5.91 Å². The summed E-state index contributed by atoms with van der Waals surface area (Å²) in [6.45, 7) is 4.82. The van der Waals surface area contributed by atoms with Gasteiger partial charge in [0.1, 0.15) is 0 Å². The molecule has 1 amide bonds. The first-order chi connectivity index (χ1) is 26.5. The highest BCUT2D eigenvalue weighted by Crippen LogP contribution is 2.16. The molecule has 0 heterocycles. The monoisotopic (exact) mass is 762 g/mol. The van der Waals surface area contributed by atoms with Crippen LogP contribution < -0.4 is 5.32 Å². The Labute approximate surface area is 335 Å². The Hall–Kier alpha value is -1.66. The zero-order chi connectivity index (χ0) is 39.4. The van der Waals surface area contributed by atoms with E-state index in [9.17, 15) is 19.8 Å². The highest BCUT2D eigenvalue weighted by atomic mass is 16.5. The predicted molar refractivity (Wildman–Crippen MR) is 232 cm³/mol. The summed E-state index contributed by atoms with van der Waals surface area (Å²) < 4.78 is 5.43. The van der Waals surface area contributed by atoms with Crippen molar-refractivity contribution in [3.63, 3.8) is 0 Å². The van der Waals surface area contributed by atoms with Gasteiger partial charge < -0.3 is 20.3 Å². The predicted octanol–water partition coefficient (Wildman–Crippen LogP) is 13.6. The van der Waals surface area contributed by atoms with Crippen LogP contribution >= 0.6 is 0 Å². The maximum Gasteiger partial charge on any atom is 0.305 e. The van der Waals surface area contributed by atoms with E-state index in [0.717, 1.165) is 70.6 Å². The summed E-state index contributed by atoms with van der Waals surface area (Å²) in [6.07, 6.45) is 49.8. The lowest BCUT2D eigenvalue weighted by molar-refractivity contribution is -0.143. The molecule has 0 aromatic rings. The summed E-state index contributed by atoms with van der Waals surface area (Å²) in [5.74, 6) is -0.0939. The number of hydrogen-bond acceptors (Lipinski definition) is 5. The smallest absolute Gasteiger partial charge is 0.305 e. The third-order valence-electron chi connectivity index (χ3n) is 10.7. The van der Waals surface area contributed by atoms with Gasteiger partial charge in [-0.15, -0.1) is 0 Å². The van der Waals surface area contributed by atoms with E-state index >= 15 is 0 Å². The van der Waals surface area contributed by atoms with Gasteiger partial charge in [0.05, 0.1) is 25.4 Å². The lowest BCUT2D eigenvalue weighted by Gasteiger charge is -2.22.